The van der Waals surface area contributed by atoms with E-state index in [1.165, 1.54) is 0 Å². The number of carbonyl (C=O) groups excluding carboxylic acids is 1. The van der Waals surface area contributed by atoms with E-state index in [4.69, 9.17) is 5.26 Å². The van der Waals surface area contributed by atoms with Crippen molar-refractivity contribution in [1.82, 2.24) is 14.5 Å². The van der Waals surface area contributed by atoms with Crippen LogP contribution in [0.25, 0.3) is 0 Å². The van der Waals surface area contributed by atoms with Crippen LogP contribution in [0, 0.1) is 11.3 Å². The Labute approximate surface area is 145 Å². The Morgan fingerprint density at radius 2 is 1.88 bits per heavy atom. The fourth-order valence-corrected chi connectivity index (χ4v) is 3.23. The van der Waals surface area contributed by atoms with Crippen LogP contribution in [0.15, 0.2) is 67.1 Å². The van der Waals surface area contributed by atoms with E-state index < -0.39 is 6.04 Å². The highest BCUT2D eigenvalue weighted by molar-refractivity contribution is 5.84. The number of amides is 1. The first-order valence-electron chi connectivity index (χ1n) is 8.10. The van der Waals surface area contributed by atoms with Crippen LogP contribution in [-0.2, 0) is 17.9 Å². The highest BCUT2D eigenvalue weighted by atomic mass is 16.2. The molecule has 4 rings (SSSR count). The second-order valence-electron chi connectivity index (χ2n) is 6.11. The maximum Gasteiger partial charge on any atom is 0.250 e. The average molecular weight is 328 g/mol. The van der Waals surface area contributed by atoms with Crippen molar-refractivity contribution in [2.45, 2.75) is 19.1 Å². The monoisotopic (exact) mass is 328 g/mol. The molecule has 25 heavy (non-hydrogen) atoms. The topological polar surface area (TPSA) is 61.9 Å². The molecule has 1 amide bonds. The minimum Gasteiger partial charge on any atom is -0.330 e. The van der Waals surface area contributed by atoms with Crippen LogP contribution in [0.5, 0.6) is 0 Å². The van der Waals surface area contributed by atoms with Gasteiger partial charge in [-0.25, -0.2) is 4.98 Å². The molecule has 0 N–H and O–H groups in total. The van der Waals surface area contributed by atoms with Crippen molar-refractivity contribution in [1.29, 1.82) is 5.26 Å². The fraction of sp³-hybridized carbons (Fsp3) is 0.150. The van der Waals surface area contributed by atoms with E-state index >= 15 is 0 Å². The van der Waals surface area contributed by atoms with E-state index in [2.05, 4.69) is 11.1 Å². The molecule has 0 saturated carbocycles. The van der Waals surface area contributed by atoms with Gasteiger partial charge in [-0.15, -0.1) is 0 Å². The van der Waals surface area contributed by atoms with Gasteiger partial charge in [-0.05, 0) is 23.3 Å². The lowest BCUT2D eigenvalue weighted by molar-refractivity contribution is -0.136. The number of aromatic nitrogens is 2. The zero-order valence-electron chi connectivity index (χ0n) is 13.5. The molecule has 122 valence electrons. The Bertz CT molecular complexity index is 938. The molecule has 0 saturated heterocycles. The third-order valence-electron chi connectivity index (χ3n) is 4.49. The number of hydrogen-bond donors (Lipinski definition) is 0. The SMILES string of the molecule is N#Cc1ccc([C@H]2C(=O)N(Cc3ccccc3)Cc3cncn32)cc1. The van der Waals surface area contributed by atoms with Crippen molar-refractivity contribution in [2.75, 3.05) is 0 Å². The van der Waals surface area contributed by atoms with Crippen LogP contribution >= 0.6 is 0 Å². The van der Waals surface area contributed by atoms with Gasteiger partial charge in [0, 0.05) is 12.7 Å². The number of fused-ring (bicyclic) bond motifs is 1. The van der Waals surface area contributed by atoms with Crippen LogP contribution in [0.2, 0.25) is 0 Å². The quantitative estimate of drug-likeness (QED) is 0.743. The molecular weight excluding hydrogens is 312 g/mol. The summed E-state index contributed by atoms with van der Waals surface area (Å²) in [6.07, 6.45) is 3.51. The summed E-state index contributed by atoms with van der Waals surface area (Å²) >= 11 is 0. The second-order valence-corrected chi connectivity index (χ2v) is 6.11. The van der Waals surface area contributed by atoms with Gasteiger partial charge >= 0.3 is 0 Å². The van der Waals surface area contributed by atoms with E-state index in [-0.39, 0.29) is 5.91 Å². The smallest absolute Gasteiger partial charge is 0.250 e. The maximum absolute atomic E-state index is 13.2. The molecule has 1 atom stereocenters. The number of imidazole rings is 1. The Morgan fingerprint density at radius 1 is 1.12 bits per heavy atom. The van der Waals surface area contributed by atoms with Gasteiger partial charge in [0.15, 0.2) is 0 Å². The maximum atomic E-state index is 13.2. The molecule has 5 heteroatoms. The summed E-state index contributed by atoms with van der Waals surface area (Å²) in [7, 11) is 0. The molecule has 0 spiro atoms. The first kappa shape index (κ1) is 15.2. The Morgan fingerprint density at radius 3 is 2.60 bits per heavy atom. The minimum absolute atomic E-state index is 0.0408. The van der Waals surface area contributed by atoms with Crippen LogP contribution in [0.3, 0.4) is 0 Å². The van der Waals surface area contributed by atoms with Crippen LogP contribution in [-0.4, -0.2) is 20.4 Å². The summed E-state index contributed by atoms with van der Waals surface area (Å²) in [6, 6.07) is 18.8. The highest BCUT2D eigenvalue weighted by Crippen LogP contribution is 2.29. The van der Waals surface area contributed by atoms with Gasteiger partial charge in [0.25, 0.3) is 5.91 Å². The van der Waals surface area contributed by atoms with E-state index in [1.54, 1.807) is 24.7 Å². The molecule has 2 heterocycles. The molecule has 2 aromatic carbocycles. The van der Waals surface area contributed by atoms with Gasteiger partial charge < -0.3 is 9.47 Å². The number of hydrogen-bond acceptors (Lipinski definition) is 3. The lowest BCUT2D eigenvalue weighted by Crippen LogP contribution is -2.42. The molecule has 1 aliphatic heterocycles. The van der Waals surface area contributed by atoms with Gasteiger partial charge in [-0.2, -0.15) is 5.26 Å². The molecule has 0 aliphatic carbocycles. The van der Waals surface area contributed by atoms with Gasteiger partial charge in [0.2, 0.25) is 0 Å². The number of nitrogens with zero attached hydrogens (tertiary/aromatic N) is 4. The van der Waals surface area contributed by atoms with Crippen LogP contribution in [0.4, 0.5) is 0 Å². The summed E-state index contributed by atoms with van der Waals surface area (Å²) in [5.41, 5.74) is 3.55. The van der Waals surface area contributed by atoms with Crippen molar-refractivity contribution >= 4 is 5.91 Å². The van der Waals surface area contributed by atoms with Crippen molar-refractivity contribution in [2.24, 2.45) is 0 Å². The van der Waals surface area contributed by atoms with Gasteiger partial charge in [-0.3, -0.25) is 4.79 Å². The molecule has 3 aromatic rings. The third-order valence-corrected chi connectivity index (χ3v) is 4.49. The fourth-order valence-electron chi connectivity index (χ4n) is 3.23. The largest absolute Gasteiger partial charge is 0.330 e. The van der Waals surface area contributed by atoms with Gasteiger partial charge in [0.1, 0.15) is 6.04 Å². The predicted octanol–water partition coefficient (Wildman–Crippen LogP) is 2.89. The van der Waals surface area contributed by atoms with E-state index in [0.29, 0.717) is 18.7 Å². The van der Waals surface area contributed by atoms with Crippen molar-refractivity contribution in [3.05, 3.63) is 89.5 Å². The van der Waals surface area contributed by atoms with Crippen molar-refractivity contribution in [3.63, 3.8) is 0 Å². The summed E-state index contributed by atoms with van der Waals surface area (Å²) in [5, 5.41) is 8.98. The molecule has 0 fully saturated rings. The summed E-state index contributed by atoms with van der Waals surface area (Å²) in [6.45, 7) is 1.11. The Hall–Kier alpha value is -3.39. The first-order chi connectivity index (χ1) is 12.3. The highest BCUT2D eigenvalue weighted by Gasteiger charge is 2.33. The normalized spacial score (nSPS) is 16.4. The molecule has 0 radical (unpaired) electrons. The Balaban J connectivity index is 1.70. The van der Waals surface area contributed by atoms with Crippen molar-refractivity contribution < 1.29 is 4.79 Å². The summed E-state index contributed by atoms with van der Waals surface area (Å²) in [5.74, 6) is 0.0408. The number of carbonyl (C=O) groups is 1. The number of rotatable bonds is 3. The Kier molecular flexibility index (Phi) is 3.79. The standard InChI is InChI=1S/C20H16N4O/c21-10-15-6-8-17(9-7-15)19-20(25)23(12-16-4-2-1-3-5-16)13-18-11-22-14-24(18)19/h1-9,11,14,19H,12-13H2/t19-/m0/s1. The number of nitriles is 1. The zero-order valence-corrected chi connectivity index (χ0v) is 13.5. The second kappa shape index (κ2) is 6.25. The summed E-state index contributed by atoms with van der Waals surface area (Å²) < 4.78 is 1.92. The molecule has 5 nitrogen and oxygen atoms in total. The van der Waals surface area contributed by atoms with Gasteiger partial charge in [0.05, 0.1) is 30.2 Å². The molecule has 1 aromatic heterocycles. The van der Waals surface area contributed by atoms with E-state index in [9.17, 15) is 4.79 Å². The van der Waals surface area contributed by atoms with Crippen LogP contribution in [0.1, 0.15) is 28.4 Å². The average Bonchev–Trinajstić information content (AvgIpc) is 3.11. The third kappa shape index (κ3) is 2.79. The van der Waals surface area contributed by atoms with Crippen LogP contribution < -0.4 is 0 Å². The lowest BCUT2D eigenvalue weighted by Gasteiger charge is -2.34. The number of benzene rings is 2. The van der Waals surface area contributed by atoms with E-state index in [1.807, 2.05) is 51.9 Å². The first-order valence-corrected chi connectivity index (χ1v) is 8.10. The molecular formula is C20H16N4O. The van der Waals surface area contributed by atoms with Crippen molar-refractivity contribution in [3.8, 4) is 6.07 Å². The summed E-state index contributed by atoms with van der Waals surface area (Å²) in [4.78, 5) is 19.2. The van der Waals surface area contributed by atoms with Gasteiger partial charge in [-0.1, -0.05) is 42.5 Å². The van der Waals surface area contributed by atoms with E-state index in [0.717, 1.165) is 16.8 Å². The minimum atomic E-state index is -0.442. The molecule has 0 bridgehead atoms. The lowest BCUT2D eigenvalue weighted by atomic mass is 10.0. The molecule has 0 unspecified atom stereocenters. The zero-order chi connectivity index (χ0) is 17.2. The molecule has 1 aliphatic rings. The predicted molar refractivity (Wildman–Crippen MR) is 92.2 cm³/mol.